The van der Waals surface area contributed by atoms with Crippen LogP contribution in [0.1, 0.15) is 18.5 Å². The van der Waals surface area contributed by atoms with Crippen LogP contribution in [0.2, 0.25) is 0 Å². The van der Waals surface area contributed by atoms with Gasteiger partial charge in [0.1, 0.15) is 5.75 Å². The van der Waals surface area contributed by atoms with Crippen LogP contribution in [0.25, 0.3) is 0 Å². The summed E-state index contributed by atoms with van der Waals surface area (Å²) in [5.74, 6) is 0.824. The maximum Gasteiger partial charge on any atom is 0.316 e. The summed E-state index contributed by atoms with van der Waals surface area (Å²) < 4.78 is 5.23. The van der Waals surface area contributed by atoms with E-state index in [1.807, 2.05) is 42.5 Å². The Balaban J connectivity index is 2.11. The first kappa shape index (κ1) is 14.7. The summed E-state index contributed by atoms with van der Waals surface area (Å²) in [5, 5.41) is 5.93. The SMILES string of the molecule is COc1cccc(C(C)Nc2cccc(NC(N)=O)c2)c1. The molecule has 1 unspecified atom stereocenters. The van der Waals surface area contributed by atoms with Crippen LogP contribution in [-0.2, 0) is 0 Å². The molecule has 0 bridgehead atoms. The Morgan fingerprint density at radius 2 is 1.86 bits per heavy atom. The maximum absolute atomic E-state index is 10.9. The Morgan fingerprint density at radius 3 is 2.57 bits per heavy atom. The third kappa shape index (κ3) is 4.14. The number of carbonyl (C=O) groups is 1. The Hall–Kier alpha value is -2.69. The predicted molar refractivity (Wildman–Crippen MR) is 84.7 cm³/mol. The highest BCUT2D eigenvalue weighted by Crippen LogP contribution is 2.24. The maximum atomic E-state index is 10.9. The van der Waals surface area contributed by atoms with Crippen molar-refractivity contribution in [2.45, 2.75) is 13.0 Å². The first-order valence-electron chi connectivity index (χ1n) is 6.65. The summed E-state index contributed by atoms with van der Waals surface area (Å²) in [6.45, 7) is 2.06. The molecule has 2 amide bonds. The number of urea groups is 1. The van der Waals surface area contributed by atoms with E-state index in [1.54, 1.807) is 13.2 Å². The van der Waals surface area contributed by atoms with E-state index in [0.29, 0.717) is 5.69 Å². The molecule has 0 saturated heterocycles. The van der Waals surface area contributed by atoms with E-state index in [9.17, 15) is 4.79 Å². The molecule has 4 N–H and O–H groups in total. The van der Waals surface area contributed by atoms with Crippen LogP contribution in [0, 0.1) is 0 Å². The Bertz CT molecular complexity index is 628. The van der Waals surface area contributed by atoms with Crippen molar-refractivity contribution < 1.29 is 9.53 Å². The van der Waals surface area contributed by atoms with Crippen molar-refractivity contribution in [3.63, 3.8) is 0 Å². The molecule has 21 heavy (non-hydrogen) atoms. The quantitative estimate of drug-likeness (QED) is 0.788. The molecule has 2 aromatic rings. The van der Waals surface area contributed by atoms with Gasteiger partial charge in [-0.3, -0.25) is 0 Å². The number of nitrogens with two attached hydrogens (primary N) is 1. The number of amides is 2. The van der Waals surface area contributed by atoms with Gasteiger partial charge in [0.15, 0.2) is 0 Å². The van der Waals surface area contributed by atoms with Crippen molar-refractivity contribution in [3.05, 3.63) is 54.1 Å². The van der Waals surface area contributed by atoms with Gasteiger partial charge in [0, 0.05) is 17.4 Å². The molecule has 5 nitrogen and oxygen atoms in total. The summed E-state index contributed by atoms with van der Waals surface area (Å²) in [6, 6.07) is 14.8. The summed E-state index contributed by atoms with van der Waals surface area (Å²) in [6.07, 6.45) is 0. The average molecular weight is 285 g/mol. The molecule has 0 aliphatic carbocycles. The van der Waals surface area contributed by atoms with E-state index in [4.69, 9.17) is 10.5 Å². The first-order chi connectivity index (χ1) is 10.1. The van der Waals surface area contributed by atoms with Crippen LogP contribution >= 0.6 is 0 Å². The van der Waals surface area contributed by atoms with E-state index in [1.165, 1.54) is 0 Å². The zero-order chi connectivity index (χ0) is 15.2. The van der Waals surface area contributed by atoms with Gasteiger partial charge in [-0.25, -0.2) is 4.79 Å². The topological polar surface area (TPSA) is 76.4 Å². The van der Waals surface area contributed by atoms with Gasteiger partial charge in [-0.05, 0) is 42.8 Å². The fraction of sp³-hybridized carbons (Fsp3) is 0.188. The van der Waals surface area contributed by atoms with Crippen molar-refractivity contribution in [1.29, 1.82) is 0 Å². The predicted octanol–water partition coefficient (Wildman–Crippen LogP) is 3.36. The van der Waals surface area contributed by atoms with Gasteiger partial charge in [0.2, 0.25) is 0 Å². The van der Waals surface area contributed by atoms with Crippen molar-refractivity contribution >= 4 is 17.4 Å². The molecule has 0 heterocycles. The normalized spacial score (nSPS) is 11.5. The number of hydrogen-bond acceptors (Lipinski definition) is 3. The molecule has 0 spiro atoms. The van der Waals surface area contributed by atoms with Crippen molar-refractivity contribution in [2.24, 2.45) is 5.73 Å². The average Bonchev–Trinajstić information content (AvgIpc) is 2.47. The van der Waals surface area contributed by atoms with E-state index in [-0.39, 0.29) is 6.04 Å². The Kier molecular flexibility index (Phi) is 4.66. The molecule has 0 fully saturated rings. The minimum Gasteiger partial charge on any atom is -0.497 e. The van der Waals surface area contributed by atoms with E-state index < -0.39 is 6.03 Å². The number of rotatable bonds is 5. The van der Waals surface area contributed by atoms with Crippen LogP contribution < -0.4 is 21.1 Å². The van der Waals surface area contributed by atoms with Crippen LogP contribution in [0.4, 0.5) is 16.2 Å². The molecule has 1 atom stereocenters. The minimum atomic E-state index is -0.576. The van der Waals surface area contributed by atoms with Gasteiger partial charge in [-0.2, -0.15) is 0 Å². The number of hydrogen-bond donors (Lipinski definition) is 3. The monoisotopic (exact) mass is 285 g/mol. The lowest BCUT2D eigenvalue weighted by Crippen LogP contribution is -2.19. The van der Waals surface area contributed by atoms with Gasteiger partial charge in [-0.1, -0.05) is 18.2 Å². The molecular weight excluding hydrogens is 266 g/mol. The lowest BCUT2D eigenvalue weighted by Gasteiger charge is -2.17. The van der Waals surface area contributed by atoms with Crippen molar-refractivity contribution in [2.75, 3.05) is 17.7 Å². The van der Waals surface area contributed by atoms with E-state index in [0.717, 1.165) is 17.0 Å². The summed E-state index contributed by atoms with van der Waals surface area (Å²) in [5.41, 5.74) is 7.79. The van der Waals surface area contributed by atoms with E-state index >= 15 is 0 Å². The van der Waals surface area contributed by atoms with Gasteiger partial charge in [-0.15, -0.1) is 0 Å². The highest BCUT2D eigenvalue weighted by Gasteiger charge is 2.07. The number of methoxy groups -OCH3 is 1. The first-order valence-corrected chi connectivity index (χ1v) is 6.65. The third-order valence-electron chi connectivity index (χ3n) is 3.11. The summed E-state index contributed by atoms with van der Waals surface area (Å²) in [7, 11) is 1.65. The minimum absolute atomic E-state index is 0.101. The molecule has 0 saturated carbocycles. The summed E-state index contributed by atoms with van der Waals surface area (Å²) in [4.78, 5) is 10.9. The lowest BCUT2D eigenvalue weighted by molar-refractivity contribution is 0.259. The van der Waals surface area contributed by atoms with Crippen LogP contribution in [0.5, 0.6) is 5.75 Å². The van der Waals surface area contributed by atoms with Gasteiger partial charge < -0.3 is 21.1 Å². The van der Waals surface area contributed by atoms with E-state index in [2.05, 4.69) is 17.6 Å². The standard InChI is InChI=1S/C16H19N3O2/c1-11(12-5-3-8-15(9-12)21-2)18-13-6-4-7-14(10-13)19-16(17)20/h3-11,18H,1-2H3,(H3,17,19,20). The molecule has 2 aromatic carbocycles. The fourth-order valence-electron chi connectivity index (χ4n) is 2.07. The van der Waals surface area contributed by atoms with Crippen LogP contribution in [0.15, 0.2) is 48.5 Å². The van der Waals surface area contributed by atoms with Gasteiger partial charge >= 0.3 is 6.03 Å². The second-order valence-electron chi connectivity index (χ2n) is 4.71. The smallest absolute Gasteiger partial charge is 0.316 e. The number of benzene rings is 2. The number of anilines is 2. The number of carbonyl (C=O) groups excluding carboxylic acids is 1. The van der Waals surface area contributed by atoms with Crippen LogP contribution in [-0.4, -0.2) is 13.1 Å². The second-order valence-corrected chi connectivity index (χ2v) is 4.71. The molecule has 0 radical (unpaired) electrons. The second kappa shape index (κ2) is 6.65. The Morgan fingerprint density at radius 1 is 1.14 bits per heavy atom. The highest BCUT2D eigenvalue weighted by molar-refractivity contribution is 5.88. The number of primary amides is 1. The molecule has 0 aliphatic heterocycles. The Labute approximate surface area is 124 Å². The van der Waals surface area contributed by atoms with Gasteiger partial charge in [0.05, 0.1) is 7.11 Å². The van der Waals surface area contributed by atoms with Crippen molar-refractivity contribution in [1.82, 2.24) is 0 Å². The third-order valence-corrected chi connectivity index (χ3v) is 3.11. The zero-order valence-electron chi connectivity index (χ0n) is 12.1. The zero-order valence-corrected chi connectivity index (χ0v) is 12.1. The molecule has 110 valence electrons. The summed E-state index contributed by atoms with van der Waals surface area (Å²) >= 11 is 0. The van der Waals surface area contributed by atoms with Crippen molar-refractivity contribution in [3.8, 4) is 5.75 Å². The lowest BCUT2D eigenvalue weighted by atomic mass is 10.1. The molecule has 5 heteroatoms. The fourth-order valence-corrected chi connectivity index (χ4v) is 2.07. The number of ether oxygens (including phenoxy) is 1. The molecule has 0 aliphatic rings. The molecule has 2 rings (SSSR count). The highest BCUT2D eigenvalue weighted by atomic mass is 16.5. The largest absolute Gasteiger partial charge is 0.497 e. The van der Waals surface area contributed by atoms with Crippen LogP contribution in [0.3, 0.4) is 0 Å². The number of nitrogens with one attached hydrogen (secondary N) is 2. The molecule has 0 aromatic heterocycles. The molecular formula is C16H19N3O2. The van der Waals surface area contributed by atoms with Gasteiger partial charge in [0.25, 0.3) is 0 Å².